The van der Waals surface area contributed by atoms with Crippen LogP contribution in [0.1, 0.15) is 48.6 Å². The Morgan fingerprint density at radius 3 is 2.50 bits per heavy atom. The lowest BCUT2D eigenvalue weighted by Crippen LogP contribution is -2.53. The number of carbonyl (C=O) groups is 2. The minimum atomic E-state index is -0.696. The number of hydrogen-bond donors (Lipinski definition) is 2. The fraction of sp³-hybridized carbons (Fsp3) is 0.600. The maximum absolute atomic E-state index is 12.2. The van der Waals surface area contributed by atoms with Crippen LogP contribution in [0, 0.1) is 11.3 Å². The Balaban J connectivity index is 1.78. The highest BCUT2D eigenvalue weighted by molar-refractivity contribution is 6.35. The van der Waals surface area contributed by atoms with E-state index in [1.807, 2.05) is 0 Å². The highest BCUT2D eigenvalue weighted by Crippen LogP contribution is 2.35. The molecule has 0 saturated carbocycles. The smallest absolute Gasteiger partial charge is 0.312 e. The van der Waals surface area contributed by atoms with Crippen molar-refractivity contribution in [3.63, 3.8) is 0 Å². The first kappa shape index (κ1) is 20.1. The van der Waals surface area contributed by atoms with Crippen LogP contribution in [0.3, 0.4) is 0 Å². The van der Waals surface area contributed by atoms with Gasteiger partial charge in [0.25, 0.3) is 0 Å². The topological polar surface area (TPSA) is 110 Å². The van der Waals surface area contributed by atoms with Gasteiger partial charge in [-0.2, -0.15) is 5.26 Å². The van der Waals surface area contributed by atoms with Gasteiger partial charge in [0, 0.05) is 38.4 Å². The van der Waals surface area contributed by atoms with Crippen molar-refractivity contribution >= 4 is 17.6 Å². The number of fused-ring (bicyclic) bond motifs is 1. The van der Waals surface area contributed by atoms with Crippen LogP contribution in [0.25, 0.3) is 0 Å². The number of nitriles is 1. The number of aliphatic hydroxyl groups is 1. The predicted octanol–water partition coefficient (Wildman–Crippen LogP) is 0.322. The first-order valence-corrected chi connectivity index (χ1v) is 9.86. The van der Waals surface area contributed by atoms with Crippen LogP contribution >= 0.6 is 0 Å². The van der Waals surface area contributed by atoms with Gasteiger partial charge in [0.2, 0.25) is 0 Å². The highest BCUT2D eigenvalue weighted by Gasteiger charge is 2.30. The summed E-state index contributed by atoms with van der Waals surface area (Å²) in [7, 11) is 0. The number of nitrogens with zero attached hydrogens (tertiary/aromatic N) is 4. The van der Waals surface area contributed by atoms with Gasteiger partial charge in [-0.1, -0.05) is 13.8 Å². The predicted molar refractivity (Wildman–Crippen MR) is 104 cm³/mol. The number of hydrogen-bond acceptors (Lipinski definition) is 6. The van der Waals surface area contributed by atoms with Crippen molar-refractivity contribution in [1.82, 2.24) is 15.2 Å². The molecule has 1 aromatic rings. The molecule has 8 heteroatoms. The molecule has 1 fully saturated rings. The van der Waals surface area contributed by atoms with Crippen LogP contribution in [-0.2, 0) is 22.4 Å². The maximum Gasteiger partial charge on any atom is 0.312 e. The zero-order chi connectivity index (χ0) is 20.3. The van der Waals surface area contributed by atoms with E-state index in [-0.39, 0.29) is 19.1 Å². The third-order valence-electron chi connectivity index (χ3n) is 5.40. The zero-order valence-corrected chi connectivity index (χ0v) is 16.5. The van der Waals surface area contributed by atoms with Gasteiger partial charge in [0.1, 0.15) is 11.9 Å². The molecule has 0 aromatic carbocycles. The molecule has 0 spiro atoms. The third-order valence-corrected chi connectivity index (χ3v) is 5.40. The molecule has 8 nitrogen and oxygen atoms in total. The van der Waals surface area contributed by atoms with Crippen molar-refractivity contribution in [3.8, 4) is 6.07 Å². The van der Waals surface area contributed by atoms with E-state index in [1.54, 1.807) is 0 Å². The van der Waals surface area contributed by atoms with Crippen LogP contribution < -0.4 is 10.2 Å². The highest BCUT2D eigenvalue weighted by atomic mass is 16.3. The van der Waals surface area contributed by atoms with E-state index in [0.717, 1.165) is 30.5 Å². The van der Waals surface area contributed by atoms with E-state index in [0.29, 0.717) is 37.6 Å². The molecule has 0 atom stereocenters. The molecule has 1 aliphatic carbocycles. The van der Waals surface area contributed by atoms with E-state index in [9.17, 15) is 14.9 Å². The number of anilines is 1. The summed E-state index contributed by atoms with van der Waals surface area (Å²) in [5.74, 6) is -0.281. The van der Waals surface area contributed by atoms with Crippen molar-refractivity contribution < 1.29 is 14.7 Å². The van der Waals surface area contributed by atoms with Gasteiger partial charge in [-0.3, -0.25) is 9.59 Å². The monoisotopic (exact) mass is 385 g/mol. The number of amides is 2. The van der Waals surface area contributed by atoms with Gasteiger partial charge in [-0.05, 0) is 36.3 Å². The Hall–Kier alpha value is -2.66. The van der Waals surface area contributed by atoms with Gasteiger partial charge in [0.15, 0.2) is 0 Å². The van der Waals surface area contributed by atoms with Gasteiger partial charge >= 0.3 is 11.8 Å². The number of piperazine rings is 1. The first-order valence-electron chi connectivity index (χ1n) is 9.86. The molecule has 3 rings (SSSR count). The molecule has 0 bridgehead atoms. The molecule has 2 heterocycles. The molecule has 2 aliphatic rings. The number of pyridine rings is 1. The standard InChI is InChI=1S/C20H27N5O3/c1-13(2)17-15-5-3-4-14(15)16(12-21)18(23-17)24-7-9-25(10-8-24)20(28)19(27)22-6-11-26/h13,26H,3-11H2,1-2H3,(H,22,27). The molecular formula is C20H27N5O3. The molecule has 150 valence electrons. The molecule has 2 N–H and O–H groups in total. The Morgan fingerprint density at radius 1 is 1.21 bits per heavy atom. The van der Waals surface area contributed by atoms with Crippen molar-refractivity contribution in [2.75, 3.05) is 44.2 Å². The average Bonchev–Trinajstić information content (AvgIpc) is 3.19. The second-order valence-corrected chi connectivity index (χ2v) is 7.53. The van der Waals surface area contributed by atoms with Crippen LogP contribution in [0.15, 0.2) is 0 Å². The van der Waals surface area contributed by atoms with Crippen LogP contribution in [-0.4, -0.2) is 66.1 Å². The third kappa shape index (κ3) is 3.80. The second-order valence-electron chi connectivity index (χ2n) is 7.53. The van der Waals surface area contributed by atoms with E-state index < -0.39 is 11.8 Å². The number of rotatable bonds is 4. The van der Waals surface area contributed by atoms with Crippen molar-refractivity contribution in [2.45, 2.75) is 39.0 Å². The van der Waals surface area contributed by atoms with Gasteiger partial charge < -0.3 is 20.2 Å². The zero-order valence-electron chi connectivity index (χ0n) is 16.5. The Bertz CT molecular complexity index is 807. The lowest BCUT2D eigenvalue weighted by Gasteiger charge is -2.36. The van der Waals surface area contributed by atoms with E-state index in [2.05, 4.69) is 30.1 Å². The Morgan fingerprint density at radius 2 is 1.89 bits per heavy atom. The quantitative estimate of drug-likeness (QED) is 0.723. The van der Waals surface area contributed by atoms with Crippen molar-refractivity contribution in [1.29, 1.82) is 5.26 Å². The number of aromatic nitrogens is 1. The molecule has 1 saturated heterocycles. The van der Waals surface area contributed by atoms with Crippen LogP contribution in [0.4, 0.5) is 5.82 Å². The molecular weight excluding hydrogens is 358 g/mol. The molecule has 0 unspecified atom stereocenters. The van der Waals surface area contributed by atoms with Gasteiger partial charge in [-0.25, -0.2) is 4.98 Å². The summed E-state index contributed by atoms with van der Waals surface area (Å²) in [6.07, 6.45) is 2.95. The average molecular weight is 385 g/mol. The number of aliphatic hydroxyl groups excluding tert-OH is 1. The maximum atomic E-state index is 12.2. The van der Waals surface area contributed by atoms with E-state index >= 15 is 0 Å². The fourth-order valence-electron chi connectivity index (χ4n) is 4.01. The fourth-order valence-corrected chi connectivity index (χ4v) is 4.01. The summed E-state index contributed by atoms with van der Waals surface area (Å²) in [6, 6.07) is 2.36. The minimum absolute atomic E-state index is 0.0626. The largest absolute Gasteiger partial charge is 0.395 e. The molecule has 1 aliphatic heterocycles. The van der Waals surface area contributed by atoms with Crippen molar-refractivity contribution in [2.24, 2.45) is 0 Å². The van der Waals surface area contributed by atoms with E-state index in [1.165, 1.54) is 10.5 Å². The van der Waals surface area contributed by atoms with Crippen molar-refractivity contribution in [3.05, 3.63) is 22.4 Å². The molecule has 1 aromatic heterocycles. The summed E-state index contributed by atoms with van der Waals surface area (Å²) in [6.45, 7) is 5.95. The SMILES string of the molecule is CC(C)c1nc(N2CCN(C(=O)C(=O)NCCO)CC2)c(C#N)c2c1CCC2. The summed E-state index contributed by atoms with van der Waals surface area (Å²) in [5.41, 5.74) is 4.11. The van der Waals surface area contributed by atoms with Crippen LogP contribution in [0.5, 0.6) is 0 Å². The summed E-state index contributed by atoms with van der Waals surface area (Å²) >= 11 is 0. The minimum Gasteiger partial charge on any atom is -0.395 e. The Kier molecular flexibility index (Phi) is 6.15. The lowest BCUT2D eigenvalue weighted by molar-refractivity contribution is -0.146. The molecule has 28 heavy (non-hydrogen) atoms. The second kappa shape index (κ2) is 8.57. The first-order chi connectivity index (χ1) is 13.5. The lowest BCUT2D eigenvalue weighted by atomic mass is 9.97. The Labute approximate surface area is 165 Å². The molecule has 0 radical (unpaired) electrons. The number of nitrogens with one attached hydrogen (secondary N) is 1. The van der Waals surface area contributed by atoms with Crippen LogP contribution in [0.2, 0.25) is 0 Å². The van der Waals surface area contributed by atoms with E-state index in [4.69, 9.17) is 10.1 Å². The molecule has 2 amide bonds. The summed E-state index contributed by atoms with van der Waals surface area (Å²) in [4.78, 5) is 32.5. The van der Waals surface area contributed by atoms with Gasteiger partial charge in [-0.15, -0.1) is 0 Å². The van der Waals surface area contributed by atoms with Gasteiger partial charge in [0.05, 0.1) is 12.2 Å². The summed E-state index contributed by atoms with van der Waals surface area (Å²) in [5, 5.41) is 20.9. The number of carbonyl (C=O) groups excluding carboxylic acids is 2. The summed E-state index contributed by atoms with van der Waals surface area (Å²) < 4.78 is 0. The normalized spacial score (nSPS) is 16.1.